The summed E-state index contributed by atoms with van der Waals surface area (Å²) in [5, 5.41) is 5.03. The number of thiazole rings is 1. The van der Waals surface area contributed by atoms with Crippen LogP contribution in [0.3, 0.4) is 0 Å². The van der Waals surface area contributed by atoms with Gasteiger partial charge in [0.15, 0.2) is 10.9 Å². The number of hydrogen-bond acceptors (Lipinski definition) is 6. The van der Waals surface area contributed by atoms with E-state index < -0.39 is 0 Å². The Hall–Kier alpha value is -2.64. The number of hydrogen-bond donors (Lipinski definition) is 1. The smallest absolute Gasteiger partial charge is 0.252 e. The third kappa shape index (κ3) is 4.68. The number of rotatable bonds is 8. The summed E-state index contributed by atoms with van der Waals surface area (Å²) in [4.78, 5) is 16.1. The topological polar surface area (TPSA) is 73.6 Å². The maximum Gasteiger partial charge on any atom is 0.252 e. The van der Waals surface area contributed by atoms with Gasteiger partial charge in [-0.05, 0) is 24.3 Å². The second-order valence-electron chi connectivity index (χ2n) is 4.78. The quantitative estimate of drug-likeness (QED) is 0.634. The van der Waals surface area contributed by atoms with Crippen LogP contribution < -0.4 is 10.1 Å². The molecule has 0 atom stereocenters. The Balaban J connectivity index is 1.35. The first-order valence-electron chi connectivity index (χ1n) is 7.36. The summed E-state index contributed by atoms with van der Waals surface area (Å²) >= 11 is 1.33. The van der Waals surface area contributed by atoms with Gasteiger partial charge in [0.1, 0.15) is 24.7 Å². The van der Waals surface area contributed by atoms with Gasteiger partial charge >= 0.3 is 0 Å². The van der Waals surface area contributed by atoms with Crippen molar-refractivity contribution < 1.29 is 18.7 Å². The molecule has 6 nitrogen and oxygen atoms in total. The summed E-state index contributed by atoms with van der Waals surface area (Å²) in [6.45, 7) is 0.669. The first-order valence-corrected chi connectivity index (χ1v) is 8.24. The van der Waals surface area contributed by atoms with Gasteiger partial charge in [-0.25, -0.2) is 4.98 Å². The minimum atomic E-state index is -0.255. The summed E-state index contributed by atoms with van der Waals surface area (Å²) in [5.74, 6) is 1.19. The van der Waals surface area contributed by atoms with Crippen LogP contribution in [-0.2, 0) is 9.53 Å². The van der Waals surface area contributed by atoms with E-state index in [1.165, 1.54) is 11.3 Å². The number of furan rings is 1. The number of amides is 1. The highest BCUT2D eigenvalue weighted by Crippen LogP contribution is 2.24. The van der Waals surface area contributed by atoms with Crippen LogP contribution in [0.4, 0.5) is 5.13 Å². The number of carbonyl (C=O) groups excluding carboxylic acids is 1. The second kappa shape index (κ2) is 8.28. The minimum absolute atomic E-state index is 0.0478. The van der Waals surface area contributed by atoms with E-state index in [2.05, 4.69) is 10.3 Å². The number of nitrogens with one attached hydrogen (secondary N) is 1. The van der Waals surface area contributed by atoms with E-state index >= 15 is 0 Å². The Morgan fingerprint density at radius 2 is 2.04 bits per heavy atom. The summed E-state index contributed by atoms with van der Waals surface area (Å²) in [6, 6.07) is 13.1. The number of ether oxygens (including phenoxy) is 2. The van der Waals surface area contributed by atoms with Crippen molar-refractivity contribution in [3.63, 3.8) is 0 Å². The van der Waals surface area contributed by atoms with E-state index in [1.54, 1.807) is 12.3 Å². The van der Waals surface area contributed by atoms with Gasteiger partial charge in [-0.2, -0.15) is 0 Å². The van der Waals surface area contributed by atoms with Crippen molar-refractivity contribution in [3.8, 4) is 17.2 Å². The molecule has 2 heterocycles. The molecule has 0 aliphatic rings. The average molecular weight is 344 g/mol. The maximum absolute atomic E-state index is 11.8. The van der Waals surface area contributed by atoms with Crippen molar-refractivity contribution in [1.82, 2.24) is 4.98 Å². The van der Waals surface area contributed by atoms with Gasteiger partial charge in [-0.15, -0.1) is 11.3 Å². The van der Waals surface area contributed by atoms with E-state index in [-0.39, 0.29) is 12.5 Å². The molecule has 0 saturated heterocycles. The molecule has 0 bridgehead atoms. The summed E-state index contributed by atoms with van der Waals surface area (Å²) in [7, 11) is 0. The van der Waals surface area contributed by atoms with Crippen molar-refractivity contribution in [2.45, 2.75) is 0 Å². The van der Waals surface area contributed by atoms with Crippen LogP contribution in [0, 0.1) is 0 Å². The Morgan fingerprint density at radius 3 is 2.83 bits per heavy atom. The molecule has 3 rings (SSSR count). The summed E-state index contributed by atoms with van der Waals surface area (Å²) < 4.78 is 16.0. The number of carbonyl (C=O) groups is 1. The van der Waals surface area contributed by atoms with Crippen molar-refractivity contribution in [2.75, 3.05) is 25.1 Å². The average Bonchev–Trinajstić information content (AvgIpc) is 3.27. The van der Waals surface area contributed by atoms with Crippen LogP contribution in [0.2, 0.25) is 0 Å². The molecular weight excluding hydrogens is 328 g/mol. The fourth-order valence-electron chi connectivity index (χ4n) is 1.92. The third-order valence-corrected chi connectivity index (χ3v) is 3.75. The van der Waals surface area contributed by atoms with Crippen molar-refractivity contribution in [3.05, 3.63) is 54.1 Å². The monoisotopic (exact) mass is 344 g/mol. The highest BCUT2D eigenvalue weighted by Gasteiger charge is 2.09. The van der Waals surface area contributed by atoms with Gasteiger partial charge in [0.25, 0.3) is 5.91 Å². The van der Waals surface area contributed by atoms with Crippen molar-refractivity contribution in [2.24, 2.45) is 0 Å². The van der Waals surface area contributed by atoms with E-state index in [0.29, 0.717) is 29.8 Å². The molecule has 24 heavy (non-hydrogen) atoms. The lowest BCUT2D eigenvalue weighted by Crippen LogP contribution is -2.20. The molecule has 1 N–H and O–H groups in total. The largest absolute Gasteiger partial charge is 0.491 e. The Morgan fingerprint density at radius 1 is 1.17 bits per heavy atom. The molecule has 0 fully saturated rings. The minimum Gasteiger partial charge on any atom is -0.491 e. The van der Waals surface area contributed by atoms with Gasteiger partial charge in [0.2, 0.25) is 0 Å². The molecule has 0 spiro atoms. The van der Waals surface area contributed by atoms with Crippen molar-refractivity contribution in [1.29, 1.82) is 0 Å². The lowest BCUT2D eigenvalue weighted by molar-refractivity contribution is -0.120. The van der Waals surface area contributed by atoms with Gasteiger partial charge in [0.05, 0.1) is 12.9 Å². The SMILES string of the molecule is O=C(COCCOc1ccccc1)Nc1nc(-c2ccco2)cs1. The third-order valence-electron chi connectivity index (χ3n) is 3.00. The number of anilines is 1. The van der Waals surface area contributed by atoms with Crippen LogP contribution >= 0.6 is 11.3 Å². The van der Waals surface area contributed by atoms with E-state index in [9.17, 15) is 4.79 Å². The number of benzene rings is 1. The number of aromatic nitrogens is 1. The standard InChI is InChI=1S/C17H16N2O4S/c20-16(11-21-9-10-22-13-5-2-1-3-6-13)19-17-18-14(12-24-17)15-7-4-8-23-15/h1-8,12H,9-11H2,(H,18,19,20). The molecule has 0 aliphatic carbocycles. The van der Waals surface area contributed by atoms with E-state index in [0.717, 1.165) is 5.75 Å². The predicted octanol–water partition coefficient (Wildman–Crippen LogP) is 3.44. The van der Waals surface area contributed by atoms with Crippen LogP contribution in [0.5, 0.6) is 5.75 Å². The molecule has 2 aromatic heterocycles. The van der Waals surface area contributed by atoms with Crippen LogP contribution in [0.15, 0.2) is 58.5 Å². The highest BCUT2D eigenvalue weighted by molar-refractivity contribution is 7.14. The first-order chi connectivity index (χ1) is 11.8. The molecular formula is C17H16N2O4S. The van der Waals surface area contributed by atoms with E-state index in [4.69, 9.17) is 13.9 Å². The first kappa shape index (κ1) is 16.2. The fourth-order valence-corrected chi connectivity index (χ4v) is 2.64. The van der Waals surface area contributed by atoms with Gasteiger partial charge < -0.3 is 13.9 Å². The molecule has 1 aromatic carbocycles. The van der Waals surface area contributed by atoms with Gasteiger partial charge in [0, 0.05) is 5.38 Å². The van der Waals surface area contributed by atoms with Crippen LogP contribution in [-0.4, -0.2) is 30.7 Å². The molecule has 0 unspecified atom stereocenters. The zero-order valence-electron chi connectivity index (χ0n) is 12.8. The molecule has 7 heteroatoms. The maximum atomic E-state index is 11.8. The molecule has 3 aromatic rings. The van der Waals surface area contributed by atoms with E-state index in [1.807, 2.05) is 41.8 Å². The van der Waals surface area contributed by atoms with Crippen LogP contribution in [0.25, 0.3) is 11.5 Å². The predicted molar refractivity (Wildman–Crippen MR) is 91.2 cm³/mol. The normalized spacial score (nSPS) is 10.5. The Labute approximate surface area is 143 Å². The molecule has 124 valence electrons. The molecule has 0 radical (unpaired) electrons. The van der Waals surface area contributed by atoms with Gasteiger partial charge in [-0.1, -0.05) is 18.2 Å². The Kier molecular flexibility index (Phi) is 5.60. The second-order valence-corrected chi connectivity index (χ2v) is 5.64. The van der Waals surface area contributed by atoms with Gasteiger partial charge in [-0.3, -0.25) is 10.1 Å². The zero-order chi connectivity index (χ0) is 16.6. The molecule has 1 amide bonds. The summed E-state index contributed by atoms with van der Waals surface area (Å²) in [6.07, 6.45) is 1.58. The summed E-state index contributed by atoms with van der Waals surface area (Å²) in [5.41, 5.74) is 0.692. The number of para-hydroxylation sites is 1. The molecule has 0 saturated carbocycles. The fraction of sp³-hybridized carbons (Fsp3) is 0.176. The highest BCUT2D eigenvalue weighted by atomic mass is 32.1. The van der Waals surface area contributed by atoms with Crippen LogP contribution in [0.1, 0.15) is 0 Å². The zero-order valence-corrected chi connectivity index (χ0v) is 13.6. The Bertz CT molecular complexity index is 756. The van der Waals surface area contributed by atoms with Crippen molar-refractivity contribution >= 4 is 22.4 Å². The lowest BCUT2D eigenvalue weighted by Gasteiger charge is -2.06. The number of nitrogens with zero attached hydrogens (tertiary/aromatic N) is 1. The molecule has 0 aliphatic heterocycles. The lowest BCUT2D eigenvalue weighted by atomic mass is 10.3.